The molecule has 4 amide bonds. The summed E-state index contributed by atoms with van der Waals surface area (Å²) in [4.78, 5) is 74.7. The van der Waals surface area contributed by atoms with Gasteiger partial charge in [0.05, 0.1) is 18.4 Å². The quantitative estimate of drug-likeness (QED) is 0.0122. The molecular formula is C61H59N7O7. The van der Waals surface area contributed by atoms with Crippen LogP contribution in [0.5, 0.6) is 0 Å². The summed E-state index contributed by atoms with van der Waals surface area (Å²) >= 11 is 0. The molecule has 1 fully saturated rings. The van der Waals surface area contributed by atoms with Crippen LogP contribution in [0.15, 0.2) is 217 Å². The van der Waals surface area contributed by atoms with Crippen LogP contribution in [-0.4, -0.2) is 54.5 Å². The fourth-order valence-electron chi connectivity index (χ4n) is 9.92. The van der Waals surface area contributed by atoms with E-state index in [1.54, 1.807) is 12.1 Å². The van der Waals surface area contributed by atoms with Crippen molar-refractivity contribution in [2.45, 2.75) is 74.4 Å². The topological polar surface area (TPSA) is 201 Å². The Morgan fingerprint density at radius 2 is 1.01 bits per heavy atom. The number of hydrogen-bond acceptors (Lipinski definition) is 8. The summed E-state index contributed by atoms with van der Waals surface area (Å²) in [7, 11) is 0. The lowest BCUT2D eigenvalue weighted by Gasteiger charge is -2.37. The number of esters is 1. The van der Waals surface area contributed by atoms with Crippen molar-refractivity contribution in [3.05, 3.63) is 262 Å². The second-order valence-corrected chi connectivity index (χ2v) is 18.4. The smallest absolute Gasteiger partial charge is 0.408 e. The summed E-state index contributed by atoms with van der Waals surface area (Å²) in [6, 6.07) is 64.0. The Bertz CT molecular complexity index is 2830. The maximum absolute atomic E-state index is 15.0. The van der Waals surface area contributed by atoms with Crippen LogP contribution < -0.4 is 21.3 Å². The Balaban J connectivity index is 1.11. The van der Waals surface area contributed by atoms with Gasteiger partial charge in [0, 0.05) is 17.9 Å². The lowest BCUT2D eigenvalue weighted by atomic mass is 9.77. The van der Waals surface area contributed by atoms with E-state index in [1.165, 1.54) is 0 Å². The summed E-state index contributed by atoms with van der Waals surface area (Å²) in [6.07, 6.45) is -1.56. The summed E-state index contributed by atoms with van der Waals surface area (Å²) in [5, 5.41) is 16.0. The minimum Gasteiger partial charge on any atom is -0.460 e. The summed E-state index contributed by atoms with van der Waals surface area (Å²) in [5.41, 5.74) is 11.9. The lowest BCUT2D eigenvalue weighted by molar-refractivity contribution is -0.146. The standard InChI is InChI=1S/C61H59N7O7/c62-68-63-40-22-25-45-41-54(75-58(45)72)52(38-39-55(69)66-60(46-26-10-2-11-27-46,47-28-12-3-13-29-47)48-30-14-4-15-31-48)64-57(71)53(65-59(73)74-43-44-23-8-1-9-24-44)42-56(70)67-61(49-32-16-5-17-33-49,50-34-18-6-19-35-50)51-36-20-7-21-37-51/h1-21,23-24,26-37,45,52-54H,22,25,38-43H2,(H,64,71)(H,65,73)(H,66,69)(H,67,70)/t45-,52+,53+,54-/m1/s1. The first-order chi connectivity index (χ1) is 36.7. The van der Waals surface area contributed by atoms with Crippen LogP contribution in [0.1, 0.15) is 77.5 Å². The van der Waals surface area contributed by atoms with Gasteiger partial charge >= 0.3 is 12.1 Å². The van der Waals surface area contributed by atoms with Crippen LogP contribution in [-0.2, 0) is 46.3 Å². The fourth-order valence-corrected chi connectivity index (χ4v) is 9.92. The molecule has 14 nitrogen and oxygen atoms in total. The zero-order valence-electron chi connectivity index (χ0n) is 41.4. The van der Waals surface area contributed by atoms with Gasteiger partial charge in [-0.3, -0.25) is 19.2 Å². The second kappa shape index (κ2) is 25.6. The van der Waals surface area contributed by atoms with Gasteiger partial charge in [0.25, 0.3) is 0 Å². The van der Waals surface area contributed by atoms with Gasteiger partial charge in [-0.2, -0.15) is 0 Å². The van der Waals surface area contributed by atoms with Crippen LogP contribution in [0, 0.1) is 5.92 Å². The highest BCUT2D eigenvalue weighted by atomic mass is 16.6. The van der Waals surface area contributed by atoms with Crippen molar-refractivity contribution in [3.8, 4) is 0 Å². The molecule has 4 N–H and O–H groups in total. The molecule has 1 aliphatic heterocycles. The highest BCUT2D eigenvalue weighted by Crippen LogP contribution is 2.39. The number of amides is 4. The Hall–Kier alpha value is -9.00. The normalized spacial score (nSPS) is 15.0. The predicted octanol–water partition coefficient (Wildman–Crippen LogP) is 10.2. The third-order valence-electron chi connectivity index (χ3n) is 13.6. The van der Waals surface area contributed by atoms with Crippen molar-refractivity contribution in [3.63, 3.8) is 0 Å². The third-order valence-corrected chi connectivity index (χ3v) is 13.6. The van der Waals surface area contributed by atoms with E-state index in [9.17, 15) is 19.2 Å². The zero-order chi connectivity index (χ0) is 52.3. The molecule has 0 spiro atoms. The van der Waals surface area contributed by atoms with Gasteiger partial charge in [-0.25, -0.2) is 4.79 Å². The van der Waals surface area contributed by atoms with Gasteiger partial charge < -0.3 is 30.7 Å². The number of azide groups is 1. The highest BCUT2D eigenvalue weighted by Gasteiger charge is 2.43. The number of rotatable bonds is 23. The molecule has 1 saturated heterocycles. The van der Waals surface area contributed by atoms with Gasteiger partial charge in [0.1, 0.15) is 29.8 Å². The van der Waals surface area contributed by atoms with E-state index in [0.717, 1.165) is 33.4 Å². The van der Waals surface area contributed by atoms with Gasteiger partial charge in [0.15, 0.2) is 0 Å². The number of alkyl carbamates (subject to hydrolysis) is 1. The van der Waals surface area contributed by atoms with E-state index in [4.69, 9.17) is 15.0 Å². The van der Waals surface area contributed by atoms with Gasteiger partial charge in [-0.15, -0.1) is 0 Å². The SMILES string of the molecule is [N-]=[N+]=NCCC[C@@H]1C[C@H]([C@H](CCC(=O)NC(c2ccccc2)(c2ccccc2)c2ccccc2)NC(=O)[C@H](CC(=O)NC(c2ccccc2)(c2ccccc2)c2ccccc2)NC(=O)OCc2ccccc2)OC1=O. The second-order valence-electron chi connectivity index (χ2n) is 18.4. The van der Waals surface area contributed by atoms with Crippen molar-refractivity contribution in [1.29, 1.82) is 0 Å². The average molecular weight is 1000 g/mol. The molecule has 0 aromatic heterocycles. The van der Waals surface area contributed by atoms with E-state index in [-0.39, 0.29) is 38.3 Å². The van der Waals surface area contributed by atoms with Crippen LogP contribution in [0.3, 0.4) is 0 Å². The fraction of sp³-hybridized carbons (Fsp3) is 0.230. The Morgan fingerprint density at radius 3 is 1.44 bits per heavy atom. The molecule has 4 atom stereocenters. The number of carbonyl (C=O) groups excluding carboxylic acids is 5. The van der Waals surface area contributed by atoms with E-state index in [2.05, 4.69) is 31.3 Å². The van der Waals surface area contributed by atoms with Gasteiger partial charge in [-0.1, -0.05) is 217 Å². The number of hydrogen-bond donors (Lipinski definition) is 4. The molecule has 14 heteroatoms. The number of nitrogens with zero attached hydrogens (tertiary/aromatic N) is 3. The average Bonchev–Trinajstić information content (AvgIpc) is 3.84. The number of cyclic esters (lactones) is 1. The largest absolute Gasteiger partial charge is 0.460 e. The molecule has 7 aromatic carbocycles. The van der Waals surface area contributed by atoms with Gasteiger partial charge in [-0.05, 0) is 70.2 Å². The van der Waals surface area contributed by atoms with Crippen LogP contribution in [0.2, 0.25) is 0 Å². The molecule has 0 radical (unpaired) electrons. The van der Waals surface area contributed by atoms with Crippen molar-refractivity contribution in [2.75, 3.05) is 6.54 Å². The Morgan fingerprint density at radius 1 is 0.600 bits per heavy atom. The molecule has 1 heterocycles. The third kappa shape index (κ3) is 13.0. The van der Waals surface area contributed by atoms with Crippen LogP contribution in [0.25, 0.3) is 10.4 Å². The van der Waals surface area contributed by atoms with Crippen molar-refractivity contribution in [1.82, 2.24) is 21.3 Å². The Kier molecular flexibility index (Phi) is 17.9. The monoisotopic (exact) mass is 1000 g/mol. The summed E-state index contributed by atoms with van der Waals surface area (Å²) in [5.74, 6) is -2.78. The maximum Gasteiger partial charge on any atom is 0.408 e. The minimum atomic E-state index is -1.52. The molecule has 0 saturated carbocycles. The lowest BCUT2D eigenvalue weighted by Crippen LogP contribution is -2.55. The number of benzene rings is 7. The minimum absolute atomic E-state index is 0.00802. The number of nitrogens with one attached hydrogen (secondary N) is 4. The first-order valence-corrected chi connectivity index (χ1v) is 25.1. The summed E-state index contributed by atoms with van der Waals surface area (Å²) in [6.45, 7) is 0.0762. The Labute approximate surface area is 436 Å². The number of ether oxygens (including phenoxy) is 2. The van der Waals surface area contributed by atoms with Crippen molar-refractivity contribution < 1.29 is 33.4 Å². The van der Waals surface area contributed by atoms with E-state index in [1.807, 2.05) is 200 Å². The van der Waals surface area contributed by atoms with Crippen LogP contribution >= 0.6 is 0 Å². The molecule has 7 aromatic rings. The molecule has 1 aliphatic rings. The van der Waals surface area contributed by atoms with Crippen LogP contribution in [0.4, 0.5) is 4.79 Å². The first kappa shape index (κ1) is 52.3. The molecule has 75 heavy (non-hydrogen) atoms. The highest BCUT2D eigenvalue weighted by molar-refractivity contribution is 5.92. The molecule has 0 bridgehead atoms. The molecular weight excluding hydrogens is 943 g/mol. The van der Waals surface area contributed by atoms with Gasteiger partial charge in [0.2, 0.25) is 17.7 Å². The van der Waals surface area contributed by atoms with Crippen molar-refractivity contribution in [2.24, 2.45) is 11.0 Å². The first-order valence-electron chi connectivity index (χ1n) is 25.1. The number of carbonyl (C=O) groups is 5. The van der Waals surface area contributed by atoms with Crippen molar-refractivity contribution >= 4 is 29.8 Å². The molecule has 8 rings (SSSR count). The molecule has 0 aliphatic carbocycles. The van der Waals surface area contributed by atoms with E-state index < -0.39 is 65.5 Å². The van der Waals surface area contributed by atoms with E-state index in [0.29, 0.717) is 18.4 Å². The summed E-state index contributed by atoms with van der Waals surface area (Å²) < 4.78 is 11.6. The maximum atomic E-state index is 15.0. The van der Waals surface area contributed by atoms with E-state index >= 15 is 4.79 Å². The predicted molar refractivity (Wildman–Crippen MR) is 285 cm³/mol. The molecule has 380 valence electrons. The zero-order valence-corrected chi connectivity index (χ0v) is 41.4. The molecule has 0 unspecified atom stereocenters.